The summed E-state index contributed by atoms with van der Waals surface area (Å²) in [5.74, 6) is -1.78. The van der Waals surface area contributed by atoms with Crippen LogP contribution in [-0.2, 0) is 45.2 Å². The number of hydrogen-bond acceptors (Lipinski definition) is 6. The highest BCUT2D eigenvalue weighted by Crippen LogP contribution is 2.37. The molecule has 6 nitrogen and oxygen atoms in total. The van der Waals surface area contributed by atoms with Gasteiger partial charge in [-0.05, 0) is 22.3 Å². The van der Waals surface area contributed by atoms with E-state index in [1.165, 1.54) is 0 Å². The van der Waals surface area contributed by atoms with Crippen molar-refractivity contribution in [3.63, 3.8) is 0 Å². The molecular formula is C34H36O6. The number of benzene rings is 4. The van der Waals surface area contributed by atoms with Gasteiger partial charge in [0.2, 0.25) is 0 Å². The average Bonchev–Trinajstić information content (AvgIpc) is 3.00. The summed E-state index contributed by atoms with van der Waals surface area (Å²) in [5, 5.41) is 22.6. The molecule has 1 aliphatic rings. The summed E-state index contributed by atoms with van der Waals surface area (Å²) in [7, 11) is 0. The molecule has 5 rings (SSSR count). The Kier molecular flexibility index (Phi) is 9.73. The minimum absolute atomic E-state index is 0.153. The molecule has 6 heteroatoms. The van der Waals surface area contributed by atoms with Crippen LogP contribution in [0.2, 0.25) is 0 Å². The Labute approximate surface area is 235 Å². The molecule has 0 saturated carbocycles. The summed E-state index contributed by atoms with van der Waals surface area (Å²) in [4.78, 5) is 0. The van der Waals surface area contributed by atoms with Gasteiger partial charge in [-0.2, -0.15) is 0 Å². The van der Waals surface area contributed by atoms with Gasteiger partial charge < -0.3 is 29.2 Å². The molecule has 1 saturated heterocycles. The van der Waals surface area contributed by atoms with Crippen molar-refractivity contribution in [2.75, 3.05) is 6.61 Å². The molecule has 1 aliphatic heterocycles. The van der Waals surface area contributed by atoms with Gasteiger partial charge in [0.1, 0.15) is 24.4 Å². The third-order valence-electron chi connectivity index (χ3n) is 7.11. The lowest BCUT2D eigenvalue weighted by Crippen LogP contribution is -2.67. The summed E-state index contributed by atoms with van der Waals surface area (Å²) >= 11 is 0. The topological polar surface area (TPSA) is 77.4 Å². The van der Waals surface area contributed by atoms with Crippen LogP contribution in [0.4, 0.5) is 0 Å². The highest BCUT2D eigenvalue weighted by Gasteiger charge is 2.56. The third-order valence-corrected chi connectivity index (χ3v) is 7.11. The zero-order valence-electron chi connectivity index (χ0n) is 22.4. The summed E-state index contributed by atoms with van der Waals surface area (Å²) < 4.78 is 25.7. The second-order valence-electron chi connectivity index (χ2n) is 10.1. The van der Waals surface area contributed by atoms with Gasteiger partial charge in [-0.15, -0.1) is 0 Å². The lowest BCUT2D eigenvalue weighted by molar-refractivity contribution is -0.368. The Morgan fingerprint density at radius 1 is 0.550 bits per heavy atom. The van der Waals surface area contributed by atoms with Crippen molar-refractivity contribution in [3.8, 4) is 0 Å². The maximum Gasteiger partial charge on any atom is 0.199 e. The zero-order chi connectivity index (χ0) is 27.6. The maximum atomic E-state index is 12.1. The van der Waals surface area contributed by atoms with E-state index >= 15 is 0 Å². The van der Waals surface area contributed by atoms with Gasteiger partial charge in [0.15, 0.2) is 5.79 Å². The van der Waals surface area contributed by atoms with Gasteiger partial charge in [0, 0.05) is 6.42 Å². The number of ether oxygens (including phenoxy) is 4. The predicted octanol–water partition coefficient (Wildman–Crippen LogP) is 5.07. The van der Waals surface area contributed by atoms with Gasteiger partial charge in [0.25, 0.3) is 0 Å². The number of rotatable bonds is 12. The van der Waals surface area contributed by atoms with Crippen LogP contribution in [0.3, 0.4) is 0 Å². The van der Waals surface area contributed by atoms with Crippen molar-refractivity contribution < 1.29 is 29.2 Å². The molecule has 0 bridgehead atoms. The average molecular weight is 541 g/mol. The zero-order valence-corrected chi connectivity index (χ0v) is 22.4. The molecule has 0 aromatic heterocycles. The van der Waals surface area contributed by atoms with E-state index in [4.69, 9.17) is 18.9 Å². The molecular weight excluding hydrogens is 504 g/mol. The molecule has 5 unspecified atom stereocenters. The fourth-order valence-electron chi connectivity index (χ4n) is 5.11. The monoisotopic (exact) mass is 540 g/mol. The van der Waals surface area contributed by atoms with E-state index in [9.17, 15) is 10.2 Å². The van der Waals surface area contributed by atoms with Crippen molar-refractivity contribution >= 4 is 0 Å². The van der Waals surface area contributed by atoms with Crippen LogP contribution >= 0.6 is 0 Å². The molecule has 4 aromatic carbocycles. The highest BCUT2D eigenvalue weighted by molar-refractivity contribution is 5.19. The lowest BCUT2D eigenvalue weighted by Gasteiger charge is -2.50. The second kappa shape index (κ2) is 13.8. The predicted molar refractivity (Wildman–Crippen MR) is 152 cm³/mol. The van der Waals surface area contributed by atoms with Crippen LogP contribution in [0.15, 0.2) is 121 Å². The number of hydrogen-bond donors (Lipinski definition) is 2. The first-order valence-corrected chi connectivity index (χ1v) is 13.7. The molecule has 1 heterocycles. The van der Waals surface area contributed by atoms with Gasteiger partial charge in [-0.3, -0.25) is 0 Å². The van der Waals surface area contributed by atoms with Crippen LogP contribution in [0.1, 0.15) is 22.3 Å². The first kappa shape index (κ1) is 28.2. The standard InChI is InChI=1S/C34H36O6/c35-22-30-31(37-23-27-15-7-2-8-16-27)32(38-24-28-17-9-3-10-18-28)33(39-25-29-19-11-4-12-20-29)34(36,40-30)21-26-13-5-1-6-14-26/h1-20,30-33,35-36H,21-25H2. The lowest BCUT2D eigenvalue weighted by atomic mass is 9.88. The second-order valence-corrected chi connectivity index (χ2v) is 10.1. The summed E-state index contributed by atoms with van der Waals surface area (Å²) in [6, 6.07) is 39.1. The third kappa shape index (κ3) is 7.23. The van der Waals surface area contributed by atoms with E-state index in [2.05, 4.69) is 0 Å². The van der Waals surface area contributed by atoms with E-state index in [0.29, 0.717) is 6.61 Å². The van der Waals surface area contributed by atoms with Gasteiger partial charge in [-0.25, -0.2) is 0 Å². The molecule has 0 amide bonds. The first-order valence-electron chi connectivity index (χ1n) is 13.7. The summed E-state index contributed by atoms with van der Waals surface area (Å²) in [6.45, 7) is 0.458. The SMILES string of the molecule is OCC1OC(O)(Cc2ccccc2)C(OCc2ccccc2)C(OCc2ccccc2)C1OCc1ccccc1. The molecule has 0 radical (unpaired) electrons. The molecule has 40 heavy (non-hydrogen) atoms. The van der Waals surface area contributed by atoms with Crippen LogP contribution in [0.25, 0.3) is 0 Å². The van der Waals surface area contributed by atoms with Crippen molar-refractivity contribution in [2.45, 2.75) is 56.4 Å². The van der Waals surface area contributed by atoms with E-state index in [1.807, 2.05) is 121 Å². The molecule has 5 atom stereocenters. The molecule has 0 aliphatic carbocycles. The quantitative estimate of drug-likeness (QED) is 0.262. The van der Waals surface area contributed by atoms with Crippen LogP contribution in [0, 0.1) is 0 Å². The van der Waals surface area contributed by atoms with Gasteiger partial charge in [-0.1, -0.05) is 121 Å². The summed E-state index contributed by atoms with van der Waals surface area (Å²) in [6.07, 6.45) is -3.05. The molecule has 0 spiro atoms. The van der Waals surface area contributed by atoms with Gasteiger partial charge >= 0.3 is 0 Å². The fourth-order valence-corrected chi connectivity index (χ4v) is 5.11. The maximum absolute atomic E-state index is 12.1. The molecule has 4 aromatic rings. The van der Waals surface area contributed by atoms with Crippen LogP contribution < -0.4 is 0 Å². The smallest absolute Gasteiger partial charge is 0.199 e. The Hall–Kier alpha value is -3.36. The summed E-state index contributed by atoms with van der Waals surface area (Å²) in [5.41, 5.74) is 3.79. The van der Waals surface area contributed by atoms with E-state index in [-0.39, 0.29) is 26.2 Å². The van der Waals surface area contributed by atoms with E-state index < -0.39 is 30.2 Å². The minimum Gasteiger partial charge on any atom is -0.394 e. The van der Waals surface area contributed by atoms with Crippen molar-refractivity contribution in [2.24, 2.45) is 0 Å². The van der Waals surface area contributed by atoms with Crippen LogP contribution in [0.5, 0.6) is 0 Å². The van der Waals surface area contributed by atoms with Crippen molar-refractivity contribution in [1.29, 1.82) is 0 Å². The minimum atomic E-state index is -1.78. The van der Waals surface area contributed by atoms with Crippen LogP contribution in [-0.4, -0.2) is 47.0 Å². The number of aliphatic hydroxyl groups excluding tert-OH is 1. The Bertz CT molecular complexity index is 1270. The molecule has 1 fully saturated rings. The Morgan fingerprint density at radius 2 is 0.950 bits per heavy atom. The molecule has 208 valence electrons. The van der Waals surface area contributed by atoms with Gasteiger partial charge in [0.05, 0.1) is 26.4 Å². The number of aliphatic hydroxyl groups is 2. The van der Waals surface area contributed by atoms with Crippen molar-refractivity contribution in [3.05, 3.63) is 144 Å². The Balaban J connectivity index is 1.48. The first-order chi connectivity index (χ1) is 19.6. The Morgan fingerprint density at radius 3 is 1.40 bits per heavy atom. The largest absolute Gasteiger partial charge is 0.394 e. The normalized spacial score (nSPS) is 24.6. The van der Waals surface area contributed by atoms with E-state index in [1.54, 1.807) is 0 Å². The highest BCUT2D eigenvalue weighted by atomic mass is 16.7. The van der Waals surface area contributed by atoms with Crippen molar-refractivity contribution in [1.82, 2.24) is 0 Å². The fraction of sp³-hybridized carbons (Fsp3) is 0.294. The van der Waals surface area contributed by atoms with E-state index in [0.717, 1.165) is 22.3 Å². The molecule has 2 N–H and O–H groups in total.